The van der Waals surface area contributed by atoms with Crippen molar-refractivity contribution in [3.63, 3.8) is 0 Å². The van der Waals surface area contributed by atoms with Crippen LogP contribution < -0.4 is 0 Å². The highest BCUT2D eigenvalue weighted by Crippen LogP contribution is 2.55. The first-order valence-corrected chi connectivity index (χ1v) is 8.89. The van der Waals surface area contributed by atoms with Gasteiger partial charge in [-0.25, -0.2) is 0 Å². The average Bonchev–Trinajstić information content (AvgIpc) is 3.02. The summed E-state index contributed by atoms with van der Waals surface area (Å²) < 4.78 is 0. The quantitative estimate of drug-likeness (QED) is 0.684. The fraction of sp³-hybridized carbons (Fsp3) is 0.273. The second kappa shape index (κ2) is 4.85. The topological polar surface area (TPSA) is 68.3 Å². The molecule has 0 aromatic heterocycles. The molecular formula is C22H16O4. The van der Waals surface area contributed by atoms with Crippen LogP contribution in [-0.2, 0) is 0 Å². The van der Waals surface area contributed by atoms with E-state index in [0.717, 1.165) is 0 Å². The van der Waals surface area contributed by atoms with E-state index in [4.69, 9.17) is 0 Å². The fourth-order valence-electron chi connectivity index (χ4n) is 5.01. The highest BCUT2D eigenvalue weighted by atomic mass is 16.2. The molecule has 1 saturated carbocycles. The van der Waals surface area contributed by atoms with Gasteiger partial charge >= 0.3 is 0 Å². The van der Waals surface area contributed by atoms with E-state index in [1.165, 1.54) is 0 Å². The Morgan fingerprint density at radius 3 is 0.923 bits per heavy atom. The number of hydrogen-bond donors (Lipinski definition) is 0. The van der Waals surface area contributed by atoms with Gasteiger partial charge in [0.2, 0.25) is 0 Å². The first-order chi connectivity index (χ1) is 12.5. The lowest BCUT2D eigenvalue weighted by molar-refractivity contribution is 0.0408. The summed E-state index contributed by atoms with van der Waals surface area (Å²) in [4.78, 5) is 51.9. The normalized spacial score (nSPS) is 22.2. The van der Waals surface area contributed by atoms with E-state index in [9.17, 15) is 19.2 Å². The molecule has 2 spiro atoms. The van der Waals surface area contributed by atoms with Gasteiger partial charge in [-0.15, -0.1) is 0 Å². The van der Waals surface area contributed by atoms with Gasteiger partial charge < -0.3 is 0 Å². The molecular weight excluding hydrogens is 328 g/mol. The summed E-state index contributed by atoms with van der Waals surface area (Å²) in [6, 6.07) is 13.8. The van der Waals surface area contributed by atoms with Gasteiger partial charge in [-0.2, -0.15) is 0 Å². The molecule has 0 amide bonds. The molecule has 4 heteroatoms. The van der Waals surface area contributed by atoms with Crippen molar-refractivity contribution in [3.8, 4) is 0 Å². The van der Waals surface area contributed by atoms with E-state index in [1.54, 1.807) is 48.5 Å². The van der Waals surface area contributed by atoms with Gasteiger partial charge in [0.15, 0.2) is 23.1 Å². The minimum absolute atomic E-state index is 0.150. The van der Waals surface area contributed by atoms with Gasteiger partial charge in [0, 0.05) is 22.3 Å². The number of fused-ring (bicyclic) bond motifs is 2. The van der Waals surface area contributed by atoms with Crippen LogP contribution in [0.1, 0.15) is 67.1 Å². The van der Waals surface area contributed by atoms with Crippen LogP contribution in [0.4, 0.5) is 0 Å². The van der Waals surface area contributed by atoms with Gasteiger partial charge in [0.05, 0.1) is 10.8 Å². The van der Waals surface area contributed by atoms with Crippen LogP contribution in [-0.4, -0.2) is 23.1 Å². The molecule has 0 bridgehead atoms. The van der Waals surface area contributed by atoms with E-state index >= 15 is 0 Å². The number of carbonyl (C=O) groups excluding carboxylic acids is 4. The number of hydrogen-bond acceptors (Lipinski definition) is 4. The van der Waals surface area contributed by atoms with Gasteiger partial charge in [-0.05, 0) is 25.7 Å². The third kappa shape index (κ3) is 1.60. The van der Waals surface area contributed by atoms with E-state index in [1.807, 2.05) is 0 Å². The lowest BCUT2D eigenvalue weighted by Crippen LogP contribution is -2.45. The van der Waals surface area contributed by atoms with Crippen molar-refractivity contribution in [3.05, 3.63) is 70.8 Å². The van der Waals surface area contributed by atoms with Gasteiger partial charge in [0.1, 0.15) is 0 Å². The third-order valence-corrected chi connectivity index (χ3v) is 6.53. The minimum atomic E-state index is -1.09. The molecule has 0 heterocycles. The summed E-state index contributed by atoms with van der Waals surface area (Å²) in [7, 11) is 0. The zero-order chi connectivity index (χ0) is 18.1. The standard InChI is InChI=1S/C22H16O4/c23-17-13-5-1-2-6-14(13)18(24)21(17)9-11-22(12-10-21)19(25)15-7-3-4-8-16(15)20(22)26/h1-8H,9-12H2. The lowest BCUT2D eigenvalue weighted by atomic mass is 9.60. The molecule has 0 aliphatic heterocycles. The number of ketones is 4. The Morgan fingerprint density at radius 2 is 0.692 bits per heavy atom. The maximum atomic E-state index is 13.0. The molecule has 2 aromatic rings. The molecule has 5 rings (SSSR count). The van der Waals surface area contributed by atoms with Crippen LogP contribution in [0.2, 0.25) is 0 Å². The van der Waals surface area contributed by atoms with Crippen LogP contribution in [0.15, 0.2) is 48.5 Å². The number of benzene rings is 2. The Labute approximate surface area is 150 Å². The molecule has 2 aromatic carbocycles. The van der Waals surface area contributed by atoms with Crippen LogP contribution in [0.5, 0.6) is 0 Å². The molecule has 0 atom stereocenters. The summed E-state index contributed by atoms with van der Waals surface area (Å²) in [6.07, 6.45) is 1.02. The maximum absolute atomic E-state index is 13.0. The summed E-state index contributed by atoms with van der Waals surface area (Å²) >= 11 is 0. The molecule has 3 aliphatic carbocycles. The Kier molecular flexibility index (Phi) is 2.87. The summed E-state index contributed by atoms with van der Waals surface area (Å²) in [5, 5.41) is 0. The molecule has 0 radical (unpaired) electrons. The van der Waals surface area contributed by atoms with Crippen LogP contribution in [0.25, 0.3) is 0 Å². The van der Waals surface area contributed by atoms with Crippen molar-refractivity contribution in [2.45, 2.75) is 25.7 Å². The van der Waals surface area contributed by atoms with Crippen molar-refractivity contribution >= 4 is 23.1 Å². The van der Waals surface area contributed by atoms with E-state index < -0.39 is 10.8 Å². The smallest absolute Gasteiger partial charge is 0.177 e. The Hall–Kier alpha value is -2.88. The molecule has 128 valence electrons. The Morgan fingerprint density at radius 1 is 0.462 bits per heavy atom. The molecule has 0 unspecified atom stereocenters. The molecule has 0 N–H and O–H groups in total. The predicted octanol–water partition coefficient (Wildman–Crippen LogP) is 3.69. The maximum Gasteiger partial charge on any atom is 0.177 e. The zero-order valence-electron chi connectivity index (χ0n) is 14.1. The summed E-state index contributed by atoms with van der Waals surface area (Å²) in [5.41, 5.74) is -0.294. The Balaban J connectivity index is 1.52. The highest BCUT2D eigenvalue weighted by Gasteiger charge is 2.61. The van der Waals surface area contributed by atoms with Gasteiger partial charge in [-0.3, -0.25) is 19.2 Å². The number of rotatable bonds is 0. The molecule has 3 aliphatic rings. The second-order valence-corrected chi connectivity index (χ2v) is 7.57. The van der Waals surface area contributed by atoms with E-state index in [0.29, 0.717) is 22.3 Å². The van der Waals surface area contributed by atoms with Crippen molar-refractivity contribution < 1.29 is 19.2 Å². The highest BCUT2D eigenvalue weighted by molar-refractivity contribution is 6.31. The van der Waals surface area contributed by atoms with Crippen molar-refractivity contribution in [1.82, 2.24) is 0 Å². The fourth-order valence-corrected chi connectivity index (χ4v) is 5.01. The first-order valence-electron chi connectivity index (χ1n) is 8.89. The molecule has 0 saturated heterocycles. The molecule has 26 heavy (non-hydrogen) atoms. The van der Waals surface area contributed by atoms with Crippen LogP contribution >= 0.6 is 0 Å². The van der Waals surface area contributed by atoms with E-state index in [-0.39, 0.29) is 48.8 Å². The molecule has 1 fully saturated rings. The van der Waals surface area contributed by atoms with Crippen LogP contribution in [0.3, 0.4) is 0 Å². The number of Topliss-reactive ketones (excluding diaryl/α,β-unsaturated/α-hetero) is 4. The lowest BCUT2D eigenvalue weighted by Gasteiger charge is -2.39. The Bertz CT molecular complexity index is 864. The van der Waals surface area contributed by atoms with Crippen molar-refractivity contribution in [1.29, 1.82) is 0 Å². The summed E-state index contributed by atoms with van der Waals surface area (Å²) in [5.74, 6) is -0.599. The summed E-state index contributed by atoms with van der Waals surface area (Å²) in [6.45, 7) is 0. The average molecular weight is 344 g/mol. The SMILES string of the molecule is O=C1c2ccccc2C(=O)C12CCC1(CC2)C(=O)c2ccccc2C1=O. The first kappa shape index (κ1) is 15.4. The van der Waals surface area contributed by atoms with Gasteiger partial charge in [-0.1, -0.05) is 48.5 Å². The van der Waals surface area contributed by atoms with Gasteiger partial charge in [0.25, 0.3) is 0 Å². The third-order valence-electron chi connectivity index (χ3n) is 6.53. The second-order valence-electron chi connectivity index (χ2n) is 7.57. The monoisotopic (exact) mass is 344 g/mol. The minimum Gasteiger partial charge on any atom is -0.293 e. The van der Waals surface area contributed by atoms with Crippen molar-refractivity contribution in [2.75, 3.05) is 0 Å². The number of carbonyl (C=O) groups is 4. The van der Waals surface area contributed by atoms with Crippen molar-refractivity contribution in [2.24, 2.45) is 10.8 Å². The molecule has 4 nitrogen and oxygen atoms in total. The largest absolute Gasteiger partial charge is 0.293 e. The predicted molar refractivity (Wildman–Crippen MR) is 93.5 cm³/mol. The zero-order valence-corrected chi connectivity index (χ0v) is 14.1. The van der Waals surface area contributed by atoms with Crippen LogP contribution in [0, 0.1) is 10.8 Å². The van der Waals surface area contributed by atoms with E-state index in [2.05, 4.69) is 0 Å².